The summed E-state index contributed by atoms with van der Waals surface area (Å²) in [7, 11) is 4.66. The summed E-state index contributed by atoms with van der Waals surface area (Å²) < 4.78 is 21.2. The number of carbonyl (C=O) groups excluding carboxylic acids is 1. The Bertz CT molecular complexity index is 679. The number of benzene rings is 1. The third kappa shape index (κ3) is 7.41. The molecule has 2 unspecified atom stereocenters. The summed E-state index contributed by atoms with van der Waals surface area (Å²) in [6.45, 7) is 7.43. The molecule has 0 saturated carbocycles. The van der Waals surface area contributed by atoms with Crippen molar-refractivity contribution < 1.29 is 23.7 Å². The van der Waals surface area contributed by atoms with E-state index < -0.39 is 0 Å². The van der Waals surface area contributed by atoms with E-state index in [1.165, 1.54) is 7.11 Å². The number of halogens is 1. The number of methoxy groups -OCH3 is 3. The zero-order valence-corrected chi connectivity index (χ0v) is 20.8. The van der Waals surface area contributed by atoms with E-state index in [9.17, 15) is 4.79 Å². The predicted molar refractivity (Wildman–Crippen MR) is 127 cm³/mol. The molecular formula is C21H34IN3O5. The molecule has 0 bridgehead atoms. The monoisotopic (exact) mass is 535 g/mol. The van der Waals surface area contributed by atoms with Crippen LogP contribution in [-0.2, 0) is 9.53 Å². The number of guanidine groups is 1. The maximum Gasteiger partial charge on any atom is 0.310 e. The fourth-order valence-electron chi connectivity index (χ4n) is 3.33. The van der Waals surface area contributed by atoms with Gasteiger partial charge in [0, 0.05) is 50.8 Å². The number of rotatable bonds is 9. The number of nitrogens with one attached hydrogen (secondary N) is 1. The Morgan fingerprint density at radius 1 is 1.13 bits per heavy atom. The molecule has 1 aliphatic rings. The van der Waals surface area contributed by atoms with Crippen LogP contribution in [0.2, 0.25) is 0 Å². The smallest absolute Gasteiger partial charge is 0.310 e. The van der Waals surface area contributed by atoms with Crippen molar-refractivity contribution in [3.05, 3.63) is 18.2 Å². The van der Waals surface area contributed by atoms with Crippen molar-refractivity contribution in [3.63, 3.8) is 0 Å². The molecule has 0 aliphatic carbocycles. The van der Waals surface area contributed by atoms with E-state index in [1.807, 2.05) is 19.1 Å². The highest BCUT2D eigenvalue weighted by atomic mass is 127. The van der Waals surface area contributed by atoms with Crippen LogP contribution in [0.3, 0.4) is 0 Å². The lowest BCUT2D eigenvalue weighted by molar-refractivity contribution is -0.145. The number of nitrogens with zero attached hydrogens (tertiary/aromatic N) is 2. The van der Waals surface area contributed by atoms with Gasteiger partial charge in [0.25, 0.3) is 0 Å². The van der Waals surface area contributed by atoms with Gasteiger partial charge in [-0.2, -0.15) is 0 Å². The molecule has 2 atom stereocenters. The Kier molecular flexibility index (Phi) is 11.7. The third-order valence-electron chi connectivity index (χ3n) is 4.91. The maximum atomic E-state index is 11.9. The molecule has 9 heteroatoms. The zero-order chi connectivity index (χ0) is 21.2. The van der Waals surface area contributed by atoms with Crippen LogP contribution in [0, 0.1) is 11.8 Å². The molecule has 1 heterocycles. The van der Waals surface area contributed by atoms with E-state index in [0.717, 1.165) is 25.5 Å². The van der Waals surface area contributed by atoms with Gasteiger partial charge in [-0.05, 0) is 12.8 Å². The minimum absolute atomic E-state index is 0. The van der Waals surface area contributed by atoms with Crippen molar-refractivity contribution >= 4 is 35.9 Å². The minimum atomic E-state index is -0.155. The number of likely N-dealkylation sites (tertiary alicyclic amines) is 1. The van der Waals surface area contributed by atoms with E-state index in [-0.39, 0.29) is 41.8 Å². The van der Waals surface area contributed by atoms with Crippen molar-refractivity contribution in [2.75, 3.05) is 54.1 Å². The summed E-state index contributed by atoms with van der Waals surface area (Å²) in [6.07, 6.45) is 0.762. The van der Waals surface area contributed by atoms with Gasteiger partial charge in [-0.3, -0.25) is 9.79 Å². The van der Waals surface area contributed by atoms with Gasteiger partial charge in [0.2, 0.25) is 0 Å². The van der Waals surface area contributed by atoms with Gasteiger partial charge in [-0.15, -0.1) is 24.0 Å². The Morgan fingerprint density at radius 3 is 2.33 bits per heavy atom. The number of aliphatic imine (C=N–C) groups is 1. The maximum absolute atomic E-state index is 11.9. The molecule has 0 radical (unpaired) electrons. The minimum Gasteiger partial charge on any atom is -0.496 e. The predicted octanol–water partition coefficient (Wildman–Crippen LogP) is 2.80. The van der Waals surface area contributed by atoms with Gasteiger partial charge in [0.05, 0.1) is 33.9 Å². The molecule has 1 fully saturated rings. The molecule has 30 heavy (non-hydrogen) atoms. The lowest BCUT2D eigenvalue weighted by Gasteiger charge is -2.21. The van der Waals surface area contributed by atoms with Gasteiger partial charge < -0.3 is 29.2 Å². The molecule has 1 aliphatic heterocycles. The average Bonchev–Trinajstić information content (AvgIpc) is 3.13. The third-order valence-corrected chi connectivity index (χ3v) is 4.91. The number of hydrogen-bond acceptors (Lipinski definition) is 6. The summed E-state index contributed by atoms with van der Waals surface area (Å²) in [6, 6.07) is 5.46. The lowest BCUT2D eigenvalue weighted by Crippen LogP contribution is -2.40. The van der Waals surface area contributed by atoms with Gasteiger partial charge in [-0.25, -0.2) is 0 Å². The van der Waals surface area contributed by atoms with E-state index in [4.69, 9.17) is 23.9 Å². The first-order valence-corrected chi connectivity index (χ1v) is 9.99. The van der Waals surface area contributed by atoms with Crippen LogP contribution in [0.5, 0.6) is 17.2 Å². The molecule has 0 spiro atoms. The highest BCUT2D eigenvalue weighted by molar-refractivity contribution is 14.0. The van der Waals surface area contributed by atoms with Gasteiger partial charge in [0.1, 0.15) is 17.2 Å². The second-order valence-electron chi connectivity index (χ2n) is 7.00. The Labute approximate surface area is 196 Å². The number of carbonyl (C=O) groups is 1. The molecule has 1 saturated heterocycles. The molecule has 170 valence electrons. The Balaban J connectivity index is 0.00000450. The van der Waals surface area contributed by atoms with E-state index >= 15 is 0 Å². The summed E-state index contributed by atoms with van der Waals surface area (Å²) in [5.41, 5.74) is 0. The number of ether oxygens (including phenoxy) is 4. The summed E-state index contributed by atoms with van der Waals surface area (Å²) in [4.78, 5) is 18.8. The first-order chi connectivity index (χ1) is 14.0. The number of hydrogen-bond donors (Lipinski definition) is 1. The Morgan fingerprint density at radius 2 is 1.77 bits per heavy atom. The topological polar surface area (TPSA) is 81.6 Å². The normalized spacial score (nSPS) is 18.4. The summed E-state index contributed by atoms with van der Waals surface area (Å²) >= 11 is 0. The molecule has 1 aromatic rings. The molecule has 2 rings (SSSR count). The van der Waals surface area contributed by atoms with Crippen LogP contribution in [0.15, 0.2) is 23.2 Å². The average molecular weight is 535 g/mol. The van der Waals surface area contributed by atoms with Crippen molar-refractivity contribution in [2.45, 2.75) is 20.3 Å². The molecule has 0 aromatic heterocycles. The zero-order valence-electron chi connectivity index (χ0n) is 18.5. The van der Waals surface area contributed by atoms with E-state index in [0.29, 0.717) is 36.9 Å². The van der Waals surface area contributed by atoms with Gasteiger partial charge in [0.15, 0.2) is 5.96 Å². The second-order valence-corrected chi connectivity index (χ2v) is 7.00. The van der Waals surface area contributed by atoms with Crippen LogP contribution in [0.1, 0.15) is 20.3 Å². The summed E-state index contributed by atoms with van der Waals surface area (Å²) in [5, 5.41) is 3.31. The van der Waals surface area contributed by atoms with Crippen LogP contribution in [0.25, 0.3) is 0 Å². The quantitative estimate of drug-likeness (QED) is 0.171. The second kappa shape index (κ2) is 13.4. The first kappa shape index (κ1) is 26.1. The van der Waals surface area contributed by atoms with E-state index in [2.05, 4.69) is 17.1 Å². The van der Waals surface area contributed by atoms with Gasteiger partial charge in [-0.1, -0.05) is 6.92 Å². The van der Waals surface area contributed by atoms with Crippen LogP contribution in [-0.4, -0.2) is 70.9 Å². The molecule has 1 aromatic carbocycles. The van der Waals surface area contributed by atoms with Crippen LogP contribution >= 0.6 is 24.0 Å². The van der Waals surface area contributed by atoms with Crippen molar-refractivity contribution in [3.8, 4) is 17.2 Å². The van der Waals surface area contributed by atoms with Crippen molar-refractivity contribution in [1.82, 2.24) is 10.2 Å². The Hall–Kier alpha value is -1.91. The fraction of sp³-hybridized carbons (Fsp3) is 0.619. The van der Waals surface area contributed by atoms with E-state index in [1.54, 1.807) is 20.3 Å². The largest absolute Gasteiger partial charge is 0.496 e. The fourth-order valence-corrected chi connectivity index (χ4v) is 3.33. The molecule has 0 amide bonds. The van der Waals surface area contributed by atoms with Gasteiger partial charge >= 0.3 is 5.97 Å². The highest BCUT2D eigenvalue weighted by Crippen LogP contribution is 2.27. The molecular weight excluding hydrogens is 501 g/mol. The lowest BCUT2D eigenvalue weighted by atomic mass is 9.99. The van der Waals surface area contributed by atoms with Crippen LogP contribution in [0.4, 0.5) is 0 Å². The molecule has 1 N–H and O–H groups in total. The molecule has 8 nitrogen and oxygen atoms in total. The van der Waals surface area contributed by atoms with Crippen molar-refractivity contribution in [1.29, 1.82) is 0 Å². The standard InChI is InChI=1S/C21H33N3O5.HI/c1-6-22-21(24-13-15(2)19(14-24)20(25)28-5)23-8-7-9-29-18-11-16(26-3)10-17(12-18)27-4;/h10-12,15,19H,6-9,13-14H2,1-5H3,(H,22,23);1H. The van der Waals surface area contributed by atoms with Crippen molar-refractivity contribution in [2.24, 2.45) is 16.8 Å². The highest BCUT2D eigenvalue weighted by Gasteiger charge is 2.36. The first-order valence-electron chi connectivity index (χ1n) is 9.99. The van der Waals surface area contributed by atoms with Crippen LogP contribution < -0.4 is 19.5 Å². The summed E-state index contributed by atoms with van der Waals surface area (Å²) in [5.74, 6) is 2.87. The SMILES string of the molecule is CCNC(=NCCCOc1cc(OC)cc(OC)c1)N1CC(C)C(C(=O)OC)C1.I. The number of esters is 1.